The Labute approximate surface area is 114 Å². The average Bonchev–Trinajstić information content (AvgIpc) is 2.39. The quantitative estimate of drug-likeness (QED) is 0.913. The van der Waals surface area contributed by atoms with Crippen LogP contribution in [-0.2, 0) is 11.3 Å². The number of nitrogens with two attached hydrogens (primary N) is 1. The van der Waals surface area contributed by atoms with E-state index in [1.54, 1.807) is 0 Å². The number of benzene rings is 1. The van der Waals surface area contributed by atoms with E-state index in [4.69, 9.17) is 22.1 Å². The van der Waals surface area contributed by atoms with Crippen molar-refractivity contribution in [1.29, 1.82) is 0 Å². The molecule has 1 aliphatic rings. The van der Waals surface area contributed by atoms with Gasteiger partial charge in [0, 0.05) is 37.5 Å². The molecule has 0 bridgehead atoms. The summed E-state index contributed by atoms with van der Waals surface area (Å²) in [7, 11) is 2.08. The fourth-order valence-corrected chi connectivity index (χ4v) is 2.55. The van der Waals surface area contributed by atoms with Gasteiger partial charge < -0.3 is 15.4 Å². The molecule has 1 heterocycles. The predicted molar refractivity (Wildman–Crippen MR) is 76.2 cm³/mol. The molecule has 0 aliphatic carbocycles. The zero-order valence-electron chi connectivity index (χ0n) is 10.9. The molecule has 1 saturated heterocycles. The van der Waals surface area contributed by atoms with Gasteiger partial charge in [0.1, 0.15) is 0 Å². The van der Waals surface area contributed by atoms with Crippen molar-refractivity contribution in [3.05, 3.63) is 28.8 Å². The molecule has 4 heteroatoms. The number of likely N-dealkylation sites (N-methyl/N-ethyl adjacent to an activating group) is 1. The van der Waals surface area contributed by atoms with Gasteiger partial charge in [-0.2, -0.15) is 0 Å². The van der Waals surface area contributed by atoms with Crippen LogP contribution in [0.25, 0.3) is 0 Å². The summed E-state index contributed by atoms with van der Waals surface area (Å²) in [5, 5.41) is 0.742. The van der Waals surface area contributed by atoms with Gasteiger partial charge in [0.15, 0.2) is 0 Å². The second-order valence-electron chi connectivity index (χ2n) is 4.85. The molecule has 18 heavy (non-hydrogen) atoms. The Bertz CT molecular complexity index is 391. The van der Waals surface area contributed by atoms with E-state index in [1.165, 1.54) is 12.8 Å². The van der Waals surface area contributed by atoms with Crippen molar-refractivity contribution >= 4 is 17.3 Å². The van der Waals surface area contributed by atoms with Crippen molar-refractivity contribution < 1.29 is 4.74 Å². The summed E-state index contributed by atoms with van der Waals surface area (Å²) < 4.78 is 5.75. The molecule has 1 unspecified atom stereocenters. The average molecular weight is 269 g/mol. The molecular weight excluding hydrogens is 248 g/mol. The number of hydrogen-bond donors (Lipinski definition) is 1. The summed E-state index contributed by atoms with van der Waals surface area (Å²) >= 11 is 6.18. The Kier molecular flexibility index (Phi) is 4.87. The maximum absolute atomic E-state index is 6.18. The van der Waals surface area contributed by atoms with Crippen LogP contribution >= 0.6 is 11.6 Å². The first-order valence-electron chi connectivity index (χ1n) is 6.52. The lowest BCUT2D eigenvalue weighted by Gasteiger charge is -2.28. The van der Waals surface area contributed by atoms with Crippen LogP contribution in [0.2, 0.25) is 5.02 Å². The van der Waals surface area contributed by atoms with Crippen LogP contribution in [0.15, 0.2) is 18.2 Å². The van der Waals surface area contributed by atoms with Crippen molar-refractivity contribution in [3.63, 3.8) is 0 Å². The van der Waals surface area contributed by atoms with Gasteiger partial charge in [-0.3, -0.25) is 0 Å². The number of halogens is 1. The largest absolute Gasteiger partial charge is 0.376 e. The Morgan fingerprint density at radius 3 is 2.89 bits per heavy atom. The summed E-state index contributed by atoms with van der Waals surface area (Å²) in [5.74, 6) is 0. The summed E-state index contributed by atoms with van der Waals surface area (Å²) in [6.07, 6.45) is 3.96. The number of anilines is 1. The molecule has 2 N–H and O–H groups in total. The minimum atomic E-state index is 0.344. The SMILES string of the molecule is CN(CC1CCCCO1)c1ccc(CN)c(Cl)c1. The van der Waals surface area contributed by atoms with Gasteiger partial charge in [-0.15, -0.1) is 0 Å². The fourth-order valence-electron chi connectivity index (χ4n) is 2.30. The summed E-state index contributed by atoms with van der Waals surface area (Å²) in [6, 6.07) is 6.04. The van der Waals surface area contributed by atoms with Crippen molar-refractivity contribution in [2.75, 3.05) is 25.1 Å². The van der Waals surface area contributed by atoms with E-state index in [-0.39, 0.29) is 0 Å². The van der Waals surface area contributed by atoms with Gasteiger partial charge in [0.25, 0.3) is 0 Å². The first kappa shape index (κ1) is 13.7. The maximum atomic E-state index is 6.18. The molecule has 100 valence electrons. The highest BCUT2D eigenvalue weighted by molar-refractivity contribution is 6.31. The fraction of sp³-hybridized carbons (Fsp3) is 0.571. The molecule has 0 radical (unpaired) electrons. The van der Waals surface area contributed by atoms with Gasteiger partial charge in [-0.1, -0.05) is 17.7 Å². The second-order valence-corrected chi connectivity index (χ2v) is 5.26. The third-order valence-electron chi connectivity index (χ3n) is 3.45. The second kappa shape index (κ2) is 6.41. The standard InChI is InChI=1S/C14H21ClN2O/c1-17(10-13-4-2-3-7-18-13)12-6-5-11(9-16)14(15)8-12/h5-6,8,13H,2-4,7,9-10,16H2,1H3. The number of nitrogens with zero attached hydrogens (tertiary/aromatic N) is 1. The number of ether oxygens (including phenoxy) is 1. The molecule has 0 amide bonds. The molecule has 0 saturated carbocycles. The Morgan fingerprint density at radius 1 is 1.44 bits per heavy atom. The highest BCUT2D eigenvalue weighted by Crippen LogP contribution is 2.24. The molecule has 1 aliphatic heterocycles. The molecule has 0 spiro atoms. The van der Waals surface area contributed by atoms with Crippen LogP contribution in [-0.4, -0.2) is 26.3 Å². The number of hydrogen-bond acceptors (Lipinski definition) is 3. The first-order chi connectivity index (χ1) is 8.70. The van der Waals surface area contributed by atoms with E-state index in [1.807, 2.05) is 12.1 Å². The lowest BCUT2D eigenvalue weighted by Crippen LogP contribution is -2.33. The molecule has 1 aromatic carbocycles. The van der Waals surface area contributed by atoms with Crippen LogP contribution in [0.3, 0.4) is 0 Å². The Hall–Kier alpha value is -0.770. The van der Waals surface area contributed by atoms with E-state index < -0.39 is 0 Å². The molecule has 0 aromatic heterocycles. The topological polar surface area (TPSA) is 38.5 Å². The van der Waals surface area contributed by atoms with Crippen LogP contribution in [0.4, 0.5) is 5.69 Å². The first-order valence-corrected chi connectivity index (χ1v) is 6.89. The smallest absolute Gasteiger partial charge is 0.0749 e. The summed E-state index contributed by atoms with van der Waals surface area (Å²) in [4.78, 5) is 2.20. The van der Waals surface area contributed by atoms with Crippen molar-refractivity contribution in [2.24, 2.45) is 5.73 Å². The lowest BCUT2D eigenvalue weighted by molar-refractivity contribution is 0.0216. The highest BCUT2D eigenvalue weighted by Gasteiger charge is 2.16. The van der Waals surface area contributed by atoms with Gasteiger partial charge in [0.05, 0.1) is 6.10 Å². The molecular formula is C14H21ClN2O. The summed E-state index contributed by atoms with van der Waals surface area (Å²) in [5.41, 5.74) is 7.71. The predicted octanol–water partition coefficient (Wildman–Crippen LogP) is 2.80. The summed E-state index contributed by atoms with van der Waals surface area (Å²) in [6.45, 7) is 2.29. The van der Waals surface area contributed by atoms with Crippen LogP contribution < -0.4 is 10.6 Å². The van der Waals surface area contributed by atoms with Crippen LogP contribution in [0.1, 0.15) is 24.8 Å². The minimum absolute atomic E-state index is 0.344. The van der Waals surface area contributed by atoms with Crippen molar-refractivity contribution in [3.8, 4) is 0 Å². The van der Waals surface area contributed by atoms with Crippen molar-refractivity contribution in [2.45, 2.75) is 31.9 Å². The highest BCUT2D eigenvalue weighted by atomic mass is 35.5. The molecule has 1 aromatic rings. The van der Waals surface area contributed by atoms with E-state index in [0.717, 1.165) is 35.8 Å². The minimum Gasteiger partial charge on any atom is -0.376 e. The van der Waals surface area contributed by atoms with Crippen LogP contribution in [0, 0.1) is 0 Å². The van der Waals surface area contributed by atoms with Gasteiger partial charge in [-0.25, -0.2) is 0 Å². The normalized spacial score (nSPS) is 19.8. The lowest BCUT2D eigenvalue weighted by atomic mass is 10.1. The monoisotopic (exact) mass is 268 g/mol. The Morgan fingerprint density at radius 2 is 2.28 bits per heavy atom. The third kappa shape index (κ3) is 3.37. The van der Waals surface area contributed by atoms with Gasteiger partial charge in [-0.05, 0) is 37.0 Å². The molecule has 1 fully saturated rings. The maximum Gasteiger partial charge on any atom is 0.0749 e. The molecule has 1 atom stereocenters. The van der Waals surface area contributed by atoms with E-state index >= 15 is 0 Å². The zero-order chi connectivity index (χ0) is 13.0. The number of rotatable bonds is 4. The Balaban J connectivity index is 1.99. The molecule has 2 rings (SSSR count). The third-order valence-corrected chi connectivity index (χ3v) is 3.80. The van der Waals surface area contributed by atoms with E-state index in [0.29, 0.717) is 12.6 Å². The van der Waals surface area contributed by atoms with Gasteiger partial charge in [0.2, 0.25) is 0 Å². The van der Waals surface area contributed by atoms with Crippen LogP contribution in [0.5, 0.6) is 0 Å². The zero-order valence-corrected chi connectivity index (χ0v) is 11.6. The van der Waals surface area contributed by atoms with Crippen molar-refractivity contribution in [1.82, 2.24) is 0 Å². The van der Waals surface area contributed by atoms with E-state index in [9.17, 15) is 0 Å². The molecule has 3 nitrogen and oxygen atoms in total. The van der Waals surface area contributed by atoms with E-state index in [2.05, 4.69) is 18.0 Å². The van der Waals surface area contributed by atoms with Gasteiger partial charge >= 0.3 is 0 Å².